The minimum atomic E-state index is -0.0575. The zero-order chi connectivity index (χ0) is 20.2. The predicted octanol–water partition coefficient (Wildman–Crippen LogP) is 2.57. The number of rotatable bonds is 4. The third kappa shape index (κ3) is 3.18. The van der Waals surface area contributed by atoms with Crippen LogP contribution >= 0.6 is 0 Å². The van der Waals surface area contributed by atoms with E-state index in [1.54, 1.807) is 11.1 Å². The van der Waals surface area contributed by atoms with Crippen LogP contribution in [0.1, 0.15) is 55.3 Å². The van der Waals surface area contributed by atoms with Gasteiger partial charge in [0.1, 0.15) is 5.82 Å². The maximum atomic E-state index is 13.2. The van der Waals surface area contributed by atoms with Crippen LogP contribution in [0, 0.1) is 23.7 Å². The van der Waals surface area contributed by atoms with E-state index in [0.29, 0.717) is 41.5 Å². The van der Waals surface area contributed by atoms with Crippen LogP contribution in [0.2, 0.25) is 0 Å². The molecule has 1 saturated heterocycles. The van der Waals surface area contributed by atoms with Crippen LogP contribution in [0.15, 0.2) is 12.3 Å². The van der Waals surface area contributed by atoms with Crippen molar-refractivity contribution in [2.75, 3.05) is 29.9 Å². The van der Waals surface area contributed by atoms with Gasteiger partial charge in [-0.3, -0.25) is 9.59 Å². The predicted molar refractivity (Wildman–Crippen MR) is 112 cm³/mol. The molecule has 1 atom stereocenters. The number of hydrogen-bond donors (Lipinski definition) is 2. The van der Waals surface area contributed by atoms with Gasteiger partial charge in [0.2, 0.25) is 5.91 Å². The van der Waals surface area contributed by atoms with Gasteiger partial charge in [0.05, 0.1) is 30.4 Å². The molecular formula is C23H30N4O3. The fourth-order valence-corrected chi connectivity index (χ4v) is 6.90. The van der Waals surface area contributed by atoms with Gasteiger partial charge in [0.25, 0.3) is 5.91 Å². The van der Waals surface area contributed by atoms with Gasteiger partial charge in [-0.1, -0.05) is 0 Å². The normalized spacial score (nSPS) is 36.5. The second-order valence-electron chi connectivity index (χ2n) is 10.0. The molecule has 5 fully saturated rings. The SMILES string of the molecule is O=C(NC1C2CC3CC(C2)CC1C3)c1cnc2c(c1)N(CC1CCCO1)C(=O)CN2. The summed E-state index contributed by atoms with van der Waals surface area (Å²) >= 11 is 0. The quantitative estimate of drug-likeness (QED) is 0.797. The van der Waals surface area contributed by atoms with Crippen molar-refractivity contribution >= 4 is 23.3 Å². The lowest BCUT2D eigenvalue weighted by molar-refractivity contribution is -0.117. The lowest BCUT2D eigenvalue weighted by Crippen LogP contribution is -2.55. The second kappa shape index (κ2) is 7.22. The lowest BCUT2D eigenvalue weighted by Gasteiger charge is -2.54. The number of aromatic nitrogens is 1. The van der Waals surface area contributed by atoms with Crippen molar-refractivity contribution in [3.63, 3.8) is 0 Å². The zero-order valence-electron chi connectivity index (χ0n) is 17.3. The summed E-state index contributed by atoms with van der Waals surface area (Å²) in [4.78, 5) is 32.0. The minimum Gasteiger partial charge on any atom is -0.376 e. The molecule has 160 valence electrons. The highest BCUT2D eigenvalue weighted by atomic mass is 16.5. The molecule has 4 saturated carbocycles. The number of nitrogens with one attached hydrogen (secondary N) is 2. The molecule has 1 aromatic rings. The van der Waals surface area contributed by atoms with E-state index in [1.807, 2.05) is 6.07 Å². The summed E-state index contributed by atoms with van der Waals surface area (Å²) in [7, 11) is 0. The summed E-state index contributed by atoms with van der Waals surface area (Å²) in [5.74, 6) is 3.64. The maximum Gasteiger partial charge on any atom is 0.253 e. The molecule has 6 aliphatic rings. The Morgan fingerprint density at radius 1 is 1.20 bits per heavy atom. The van der Waals surface area contributed by atoms with Crippen molar-refractivity contribution in [2.45, 2.75) is 57.1 Å². The molecule has 2 aliphatic heterocycles. The topological polar surface area (TPSA) is 83.6 Å². The fourth-order valence-electron chi connectivity index (χ4n) is 6.90. The summed E-state index contributed by atoms with van der Waals surface area (Å²) in [6, 6.07) is 2.12. The molecule has 0 spiro atoms. The van der Waals surface area contributed by atoms with Gasteiger partial charge < -0.3 is 20.3 Å². The number of fused-ring (bicyclic) bond motifs is 1. The average molecular weight is 411 g/mol. The molecule has 4 aliphatic carbocycles. The molecule has 0 aromatic carbocycles. The van der Waals surface area contributed by atoms with Crippen LogP contribution in [0.4, 0.5) is 11.5 Å². The van der Waals surface area contributed by atoms with Crippen LogP contribution < -0.4 is 15.5 Å². The van der Waals surface area contributed by atoms with E-state index in [-0.39, 0.29) is 24.5 Å². The average Bonchev–Trinajstić information content (AvgIpc) is 3.25. The van der Waals surface area contributed by atoms with E-state index in [1.165, 1.54) is 32.1 Å². The van der Waals surface area contributed by atoms with Gasteiger partial charge in [0.15, 0.2) is 0 Å². The number of amides is 2. The standard InChI is InChI=1S/C23H30N4O3/c28-20-11-25-22-19(27(20)12-18-2-1-3-30-18)9-17(10-24-22)23(29)26-21-15-5-13-4-14(7-15)8-16(21)6-13/h9-10,13-16,18,21H,1-8,11-12H2,(H,24,25)(H,26,29). The van der Waals surface area contributed by atoms with Crippen molar-refractivity contribution in [3.8, 4) is 0 Å². The molecular weight excluding hydrogens is 380 g/mol. The Labute approximate surface area is 176 Å². The van der Waals surface area contributed by atoms with Gasteiger partial charge in [-0.2, -0.15) is 0 Å². The van der Waals surface area contributed by atoms with Crippen molar-refractivity contribution in [1.82, 2.24) is 10.3 Å². The first-order chi connectivity index (χ1) is 14.6. The van der Waals surface area contributed by atoms with E-state index in [0.717, 1.165) is 31.3 Å². The van der Waals surface area contributed by atoms with Crippen molar-refractivity contribution < 1.29 is 14.3 Å². The van der Waals surface area contributed by atoms with Crippen LogP contribution in [-0.2, 0) is 9.53 Å². The number of ether oxygens (including phenoxy) is 1. The number of pyridine rings is 1. The molecule has 7 rings (SSSR count). The summed E-state index contributed by atoms with van der Waals surface area (Å²) in [5, 5.41) is 6.44. The van der Waals surface area contributed by atoms with Gasteiger partial charge >= 0.3 is 0 Å². The fraction of sp³-hybridized carbons (Fsp3) is 0.696. The van der Waals surface area contributed by atoms with E-state index in [2.05, 4.69) is 15.6 Å². The molecule has 7 nitrogen and oxygen atoms in total. The minimum absolute atomic E-state index is 0.00149. The Morgan fingerprint density at radius 3 is 2.67 bits per heavy atom. The van der Waals surface area contributed by atoms with E-state index in [4.69, 9.17) is 4.74 Å². The van der Waals surface area contributed by atoms with Gasteiger partial charge in [0, 0.05) is 18.8 Å². The van der Waals surface area contributed by atoms with Gasteiger partial charge in [-0.05, 0) is 74.7 Å². The van der Waals surface area contributed by atoms with Crippen molar-refractivity contribution in [3.05, 3.63) is 17.8 Å². The molecule has 2 N–H and O–H groups in total. The number of carbonyl (C=O) groups is 2. The first-order valence-electron chi connectivity index (χ1n) is 11.6. The Hall–Kier alpha value is -2.15. The van der Waals surface area contributed by atoms with Crippen molar-refractivity contribution in [1.29, 1.82) is 0 Å². The summed E-state index contributed by atoms with van der Waals surface area (Å²) in [6.07, 6.45) is 10.2. The first-order valence-corrected chi connectivity index (χ1v) is 11.6. The maximum absolute atomic E-state index is 13.2. The summed E-state index contributed by atoms with van der Waals surface area (Å²) < 4.78 is 5.74. The highest BCUT2D eigenvalue weighted by Crippen LogP contribution is 2.53. The summed E-state index contributed by atoms with van der Waals surface area (Å²) in [5.41, 5.74) is 1.23. The third-order valence-electron chi connectivity index (χ3n) is 8.06. The van der Waals surface area contributed by atoms with Crippen LogP contribution in [0.25, 0.3) is 0 Å². The van der Waals surface area contributed by atoms with Gasteiger partial charge in [-0.25, -0.2) is 4.98 Å². The highest BCUT2D eigenvalue weighted by Gasteiger charge is 2.48. The monoisotopic (exact) mass is 410 g/mol. The smallest absolute Gasteiger partial charge is 0.253 e. The molecule has 0 radical (unpaired) electrons. The molecule has 1 aromatic heterocycles. The largest absolute Gasteiger partial charge is 0.376 e. The second-order valence-corrected chi connectivity index (χ2v) is 10.0. The Balaban J connectivity index is 1.21. The molecule has 30 heavy (non-hydrogen) atoms. The Morgan fingerprint density at radius 2 is 1.97 bits per heavy atom. The number of nitrogens with zero attached hydrogens (tertiary/aromatic N) is 2. The van der Waals surface area contributed by atoms with E-state index in [9.17, 15) is 9.59 Å². The van der Waals surface area contributed by atoms with Crippen LogP contribution in [0.5, 0.6) is 0 Å². The molecule has 3 heterocycles. The Kier molecular flexibility index (Phi) is 4.48. The first kappa shape index (κ1) is 18.6. The lowest BCUT2D eigenvalue weighted by atomic mass is 9.54. The Bertz CT molecular complexity index is 838. The molecule has 7 heteroatoms. The van der Waals surface area contributed by atoms with E-state index < -0.39 is 0 Å². The zero-order valence-corrected chi connectivity index (χ0v) is 17.3. The molecule has 1 unspecified atom stereocenters. The van der Waals surface area contributed by atoms with Crippen LogP contribution in [-0.4, -0.2) is 48.6 Å². The number of anilines is 2. The number of hydrogen-bond acceptors (Lipinski definition) is 5. The molecule has 4 bridgehead atoms. The highest BCUT2D eigenvalue weighted by molar-refractivity contribution is 6.04. The van der Waals surface area contributed by atoms with Gasteiger partial charge in [-0.15, -0.1) is 0 Å². The van der Waals surface area contributed by atoms with Crippen LogP contribution in [0.3, 0.4) is 0 Å². The summed E-state index contributed by atoms with van der Waals surface area (Å²) in [6.45, 7) is 1.51. The molecule has 2 amide bonds. The van der Waals surface area contributed by atoms with Crippen molar-refractivity contribution in [2.24, 2.45) is 23.7 Å². The van der Waals surface area contributed by atoms with E-state index >= 15 is 0 Å². The third-order valence-corrected chi connectivity index (χ3v) is 8.06. The number of carbonyl (C=O) groups excluding carboxylic acids is 2.